The Kier molecular flexibility index (Phi) is 5.81. The van der Waals surface area contributed by atoms with Gasteiger partial charge in [0, 0.05) is 18.4 Å². The van der Waals surface area contributed by atoms with Gasteiger partial charge in [0.05, 0.1) is 29.0 Å². The molecule has 0 aliphatic carbocycles. The Hall–Kier alpha value is -2.50. The zero-order valence-electron chi connectivity index (χ0n) is 14.0. The maximum Gasteiger partial charge on any atom is 0.224 e. The molecule has 0 radical (unpaired) electrons. The van der Waals surface area contributed by atoms with Crippen LogP contribution in [0.3, 0.4) is 0 Å². The smallest absolute Gasteiger partial charge is 0.224 e. The van der Waals surface area contributed by atoms with E-state index in [0.717, 1.165) is 11.3 Å². The van der Waals surface area contributed by atoms with Crippen LogP contribution in [0.25, 0.3) is 11.3 Å². The van der Waals surface area contributed by atoms with Crippen LogP contribution in [0.2, 0.25) is 10.0 Å². The lowest BCUT2D eigenvalue weighted by atomic mass is 10.2. The lowest BCUT2D eigenvalue weighted by Gasteiger charge is -2.07. The van der Waals surface area contributed by atoms with E-state index in [1.807, 2.05) is 24.3 Å². The van der Waals surface area contributed by atoms with Crippen LogP contribution in [0.15, 0.2) is 53.1 Å². The number of hydrogen-bond acceptors (Lipinski definition) is 4. The minimum absolute atomic E-state index is 0.196. The molecule has 26 heavy (non-hydrogen) atoms. The number of amides is 1. The van der Waals surface area contributed by atoms with Gasteiger partial charge in [-0.3, -0.25) is 4.79 Å². The molecule has 0 unspecified atom stereocenters. The van der Waals surface area contributed by atoms with Crippen molar-refractivity contribution in [3.05, 3.63) is 64.6 Å². The third-order valence-corrected chi connectivity index (χ3v) is 4.54. The lowest BCUT2D eigenvalue weighted by molar-refractivity contribution is -0.116. The molecular weight excluding hydrogens is 375 g/mol. The summed E-state index contributed by atoms with van der Waals surface area (Å²) in [6.07, 6.45) is 2.23. The molecule has 7 heteroatoms. The van der Waals surface area contributed by atoms with E-state index in [9.17, 15) is 4.79 Å². The van der Waals surface area contributed by atoms with Crippen LogP contribution < -0.4 is 10.1 Å². The number of halogens is 2. The van der Waals surface area contributed by atoms with Crippen molar-refractivity contribution in [1.29, 1.82) is 0 Å². The van der Waals surface area contributed by atoms with Gasteiger partial charge in [0.15, 0.2) is 11.7 Å². The molecule has 1 aromatic heterocycles. The van der Waals surface area contributed by atoms with E-state index in [-0.39, 0.29) is 12.3 Å². The third-order valence-electron chi connectivity index (χ3n) is 3.72. The number of aryl methyl sites for hydroxylation is 1. The normalized spacial score (nSPS) is 10.6. The topological polar surface area (TPSA) is 64.4 Å². The van der Waals surface area contributed by atoms with Gasteiger partial charge in [-0.25, -0.2) is 4.98 Å². The van der Waals surface area contributed by atoms with E-state index < -0.39 is 0 Å². The van der Waals surface area contributed by atoms with Crippen molar-refractivity contribution in [2.45, 2.75) is 12.8 Å². The molecule has 3 aromatic rings. The Morgan fingerprint density at radius 3 is 2.69 bits per heavy atom. The summed E-state index contributed by atoms with van der Waals surface area (Å²) in [5, 5.41) is 3.44. The van der Waals surface area contributed by atoms with Crippen molar-refractivity contribution < 1.29 is 13.9 Å². The average molecular weight is 391 g/mol. The Bertz CT molecular complexity index is 907. The van der Waals surface area contributed by atoms with E-state index in [4.69, 9.17) is 32.4 Å². The Labute approximate surface area is 160 Å². The number of carbonyl (C=O) groups is 1. The van der Waals surface area contributed by atoms with Gasteiger partial charge in [0.25, 0.3) is 0 Å². The van der Waals surface area contributed by atoms with Crippen LogP contribution in [-0.2, 0) is 11.2 Å². The quantitative estimate of drug-likeness (QED) is 0.625. The van der Waals surface area contributed by atoms with Gasteiger partial charge in [0.2, 0.25) is 5.91 Å². The summed E-state index contributed by atoms with van der Waals surface area (Å²) in [5.41, 5.74) is 1.37. The molecule has 0 saturated carbocycles. The van der Waals surface area contributed by atoms with E-state index in [1.165, 1.54) is 0 Å². The predicted octanol–water partition coefficient (Wildman–Crippen LogP) is 5.23. The SMILES string of the molecule is COc1ccc(-c2cnc(CCC(=O)Nc3cccc(Cl)c3Cl)o2)cc1. The fourth-order valence-electron chi connectivity index (χ4n) is 2.35. The molecule has 0 aliphatic rings. The summed E-state index contributed by atoms with van der Waals surface area (Å²) in [5.74, 6) is 1.70. The van der Waals surface area contributed by atoms with Crippen LogP contribution in [0, 0.1) is 0 Å². The monoisotopic (exact) mass is 390 g/mol. The zero-order chi connectivity index (χ0) is 18.5. The molecule has 1 heterocycles. The van der Waals surface area contributed by atoms with Crippen LogP contribution in [-0.4, -0.2) is 18.0 Å². The van der Waals surface area contributed by atoms with Crippen LogP contribution in [0.1, 0.15) is 12.3 Å². The Morgan fingerprint density at radius 1 is 1.19 bits per heavy atom. The summed E-state index contributed by atoms with van der Waals surface area (Å²) < 4.78 is 10.8. The maximum absolute atomic E-state index is 12.1. The Morgan fingerprint density at radius 2 is 1.96 bits per heavy atom. The maximum atomic E-state index is 12.1. The minimum atomic E-state index is -0.196. The van der Waals surface area contributed by atoms with Crippen molar-refractivity contribution >= 4 is 34.8 Å². The van der Waals surface area contributed by atoms with Crippen LogP contribution in [0.4, 0.5) is 5.69 Å². The van der Waals surface area contributed by atoms with Gasteiger partial charge >= 0.3 is 0 Å². The van der Waals surface area contributed by atoms with Crippen LogP contribution in [0.5, 0.6) is 5.75 Å². The highest BCUT2D eigenvalue weighted by Crippen LogP contribution is 2.29. The Balaban J connectivity index is 1.59. The summed E-state index contributed by atoms with van der Waals surface area (Å²) in [6, 6.07) is 12.5. The molecule has 0 atom stereocenters. The lowest BCUT2D eigenvalue weighted by Crippen LogP contribution is -2.12. The first kappa shape index (κ1) is 18.3. The van der Waals surface area contributed by atoms with Gasteiger partial charge in [-0.15, -0.1) is 0 Å². The number of nitrogens with zero attached hydrogens (tertiary/aromatic N) is 1. The number of rotatable bonds is 6. The molecule has 0 aliphatic heterocycles. The van der Waals surface area contributed by atoms with Gasteiger partial charge < -0.3 is 14.5 Å². The number of ether oxygens (including phenoxy) is 1. The number of anilines is 1. The zero-order valence-corrected chi connectivity index (χ0v) is 15.5. The minimum Gasteiger partial charge on any atom is -0.497 e. The second kappa shape index (κ2) is 8.25. The van der Waals surface area contributed by atoms with Crippen LogP contribution >= 0.6 is 23.2 Å². The fraction of sp³-hybridized carbons (Fsp3) is 0.158. The van der Waals surface area contributed by atoms with Gasteiger partial charge in [-0.05, 0) is 36.4 Å². The number of aromatic nitrogens is 1. The molecular formula is C19H16Cl2N2O3. The van der Waals surface area contributed by atoms with Crippen molar-refractivity contribution in [3.8, 4) is 17.1 Å². The highest BCUT2D eigenvalue weighted by atomic mass is 35.5. The molecule has 0 spiro atoms. The summed E-state index contributed by atoms with van der Waals surface area (Å²) >= 11 is 12.0. The number of hydrogen-bond donors (Lipinski definition) is 1. The first-order valence-electron chi connectivity index (χ1n) is 7.90. The molecule has 2 aromatic carbocycles. The number of carbonyl (C=O) groups excluding carboxylic acids is 1. The van der Waals surface area contributed by atoms with E-state index in [1.54, 1.807) is 31.5 Å². The summed E-state index contributed by atoms with van der Waals surface area (Å²) in [4.78, 5) is 16.3. The van der Waals surface area contributed by atoms with Gasteiger partial charge in [-0.2, -0.15) is 0 Å². The van der Waals surface area contributed by atoms with Crippen molar-refractivity contribution in [1.82, 2.24) is 4.98 Å². The first-order chi connectivity index (χ1) is 12.6. The van der Waals surface area contributed by atoms with E-state index in [0.29, 0.717) is 33.8 Å². The molecule has 3 rings (SSSR count). The highest BCUT2D eigenvalue weighted by molar-refractivity contribution is 6.43. The summed E-state index contributed by atoms with van der Waals surface area (Å²) in [7, 11) is 1.61. The number of nitrogens with one attached hydrogen (secondary N) is 1. The predicted molar refractivity (Wildman–Crippen MR) is 102 cm³/mol. The second-order valence-electron chi connectivity index (χ2n) is 5.50. The fourth-order valence-corrected chi connectivity index (χ4v) is 2.70. The largest absolute Gasteiger partial charge is 0.497 e. The number of methoxy groups -OCH3 is 1. The molecule has 1 amide bonds. The molecule has 0 bridgehead atoms. The number of benzene rings is 2. The molecule has 5 nitrogen and oxygen atoms in total. The van der Waals surface area contributed by atoms with E-state index >= 15 is 0 Å². The van der Waals surface area contributed by atoms with Crippen molar-refractivity contribution in [2.24, 2.45) is 0 Å². The van der Waals surface area contributed by atoms with Gasteiger partial charge in [-0.1, -0.05) is 29.3 Å². The third kappa shape index (κ3) is 4.36. The van der Waals surface area contributed by atoms with Gasteiger partial charge in [0.1, 0.15) is 5.75 Å². The van der Waals surface area contributed by atoms with Crippen molar-refractivity contribution in [3.63, 3.8) is 0 Å². The highest BCUT2D eigenvalue weighted by Gasteiger charge is 2.11. The first-order valence-corrected chi connectivity index (χ1v) is 8.65. The second-order valence-corrected chi connectivity index (χ2v) is 6.28. The number of oxazole rings is 1. The standard InChI is InChI=1S/C19H16Cl2N2O3/c1-25-13-7-5-12(6-8-13)16-11-22-18(26-16)10-9-17(24)23-15-4-2-3-14(20)19(15)21/h2-8,11H,9-10H2,1H3,(H,23,24). The molecule has 134 valence electrons. The van der Waals surface area contributed by atoms with E-state index in [2.05, 4.69) is 10.3 Å². The molecule has 1 N–H and O–H groups in total. The summed E-state index contributed by atoms with van der Waals surface area (Å²) in [6.45, 7) is 0. The molecule has 0 fully saturated rings. The van der Waals surface area contributed by atoms with Crippen molar-refractivity contribution in [2.75, 3.05) is 12.4 Å². The average Bonchev–Trinajstić information content (AvgIpc) is 3.13. The molecule has 0 saturated heterocycles.